The van der Waals surface area contributed by atoms with Gasteiger partial charge in [0, 0.05) is 19.7 Å². The maximum absolute atomic E-state index is 11.9. The summed E-state index contributed by atoms with van der Waals surface area (Å²) in [5, 5.41) is 3.05. The van der Waals surface area contributed by atoms with Crippen LogP contribution in [0.25, 0.3) is 0 Å². The molecule has 0 radical (unpaired) electrons. The summed E-state index contributed by atoms with van der Waals surface area (Å²) in [4.78, 5) is 14.0. The Morgan fingerprint density at radius 1 is 1.33 bits per heavy atom. The Labute approximate surface area is 111 Å². The molecule has 0 aromatic heterocycles. The molecule has 0 aromatic carbocycles. The molecule has 18 heavy (non-hydrogen) atoms. The summed E-state index contributed by atoms with van der Waals surface area (Å²) in [5.41, 5.74) is 5.50. The third-order valence-electron chi connectivity index (χ3n) is 3.01. The van der Waals surface area contributed by atoms with Gasteiger partial charge in [0.15, 0.2) is 0 Å². The van der Waals surface area contributed by atoms with E-state index in [4.69, 9.17) is 10.5 Å². The molecule has 0 unspecified atom stereocenters. The van der Waals surface area contributed by atoms with Crippen molar-refractivity contribution in [1.82, 2.24) is 10.2 Å². The van der Waals surface area contributed by atoms with Gasteiger partial charge in [0.05, 0.1) is 13.2 Å². The summed E-state index contributed by atoms with van der Waals surface area (Å²) >= 11 is 0. The van der Waals surface area contributed by atoms with E-state index in [1.165, 1.54) is 0 Å². The molecule has 0 bridgehead atoms. The van der Waals surface area contributed by atoms with Crippen molar-refractivity contribution < 1.29 is 9.53 Å². The normalized spacial score (nSPS) is 11.2. The van der Waals surface area contributed by atoms with Crippen LogP contribution in [-0.2, 0) is 9.53 Å². The molecule has 5 nitrogen and oxygen atoms in total. The standard InChI is InChI=1S/C13H29N3O2/c1-4-12(5-2)15-13(17)11-16(8-6-7-14)9-10-18-3/h12H,4-11,14H2,1-3H3,(H,15,17). The van der Waals surface area contributed by atoms with Gasteiger partial charge in [-0.25, -0.2) is 0 Å². The van der Waals surface area contributed by atoms with E-state index in [2.05, 4.69) is 24.1 Å². The number of amides is 1. The fourth-order valence-electron chi connectivity index (χ4n) is 1.77. The maximum Gasteiger partial charge on any atom is 0.234 e. The second-order valence-corrected chi connectivity index (χ2v) is 4.49. The fraction of sp³-hybridized carbons (Fsp3) is 0.923. The van der Waals surface area contributed by atoms with Gasteiger partial charge < -0.3 is 15.8 Å². The van der Waals surface area contributed by atoms with Crippen LogP contribution in [0.1, 0.15) is 33.1 Å². The Balaban J connectivity index is 4.06. The zero-order valence-electron chi connectivity index (χ0n) is 12.1. The van der Waals surface area contributed by atoms with Crippen molar-refractivity contribution in [2.24, 2.45) is 5.73 Å². The zero-order valence-corrected chi connectivity index (χ0v) is 12.1. The Kier molecular flexibility index (Phi) is 11.0. The summed E-state index contributed by atoms with van der Waals surface area (Å²) in [5.74, 6) is 0.0943. The summed E-state index contributed by atoms with van der Waals surface area (Å²) in [7, 11) is 1.67. The molecule has 0 rings (SSSR count). The van der Waals surface area contributed by atoms with Crippen molar-refractivity contribution in [3.8, 4) is 0 Å². The third-order valence-corrected chi connectivity index (χ3v) is 3.01. The van der Waals surface area contributed by atoms with Crippen LogP contribution in [0.15, 0.2) is 0 Å². The van der Waals surface area contributed by atoms with E-state index in [-0.39, 0.29) is 11.9 Å². The smallest absolute Gasteiger partial charge is 0.234 e. The van der Waals surface area contributed by atoms with Gasteiger partial charge in [0.2, 0.25) is 5.91 Å². The lowest BCUT2D eigenvalue weighted by atomic mass is 10.2. The average Bonchev–Trinajstić information content (AvgIpc) is 2.39. The molecule has 0 atom stereocenters. The minimum absolute atomic E-state index is 0.0943. The van der Waals surface area contributed by atoms with Crippen LogP contribution in [0.2, 0.25) is 0 Å². The number of carbonyl (C=O) groups excluding carboxylic acids is 1. The van der Waals surface area contributed by atoms with Crippen LogP contribution in [0.4, 0.5) is 0 Å². The van der Waals surface area contributed by atoms with Crippen LogP contribution >= 0.6 is 0 Å². The van der Waals surface area contributed by atoms with Crippen molar-refractivity contribution in [2.45, 2.75) is 39.2 Å². The number of rotatable bonds is 11. The second kappa shape index (κ2) is 11.4. The van der Waals surface area contributed by atoms with Gasteiger partial charge in [0.25, 0.3) is 0 Å². The molecule has 0 spiro atoms. The molecule has 0 aliphatic rings. The quantitative estimate of drug-likeness (QED) is 0.570. The molecule has 1 amide bonds. The Hall–Kier alpha value is -0.650. The highest BCUT2D eigenvalue weighted by molar-refractivity contribution is 5.78. The molecule has 0 heterocycles. The summed E-state index contributed by atoms with van der Waals surface area (Å²) in [6.07, 6.45) is 2.86. The lowest BCUT2D eigenvalue weighted by molar-refractivity contribution is -0.123. The first kappa shape index (κ1) is 17.4. The number of hydrogen-bond acceptors (Lipinski definition) is 4. The molecule has 0 aromatic rings. The molecule has 0 aliphatic heterocycles. The highest BCUT2D eigenvalue weighted by Crippen LogP contribution is 1.97. The predicted molar refractivity (Wildman–Crippen MR) is 74.5 cm³/mol. The minimum Gasteiger partial charge on any atom is -0.383 e. The average molecular weight is 259 g/mol. The molecule has 5 heteroatoms. The largest absolute Gasteiger partial charge is 0.383 e. The van der Waals surface area contributed by atoms with Crippen molar-refractivity contribution in [1.29, 1.82) is 0 Å². The number of nitrogens with one attached hydrogen (secondary N) is 1. The van der Waals surface area contributed by atoms with E-state index < -0.39 is 0 Å². The number of ether oxygens (including phenoxy) is 1. The Morgan fingerprint density at radius 3 is 2.50 bits per heavy atom. The molecule has 108 valence electrons. The number of nitrogens with zero attached hydrogens (tertiary/aromatic N) is 1. The van der Waals surface area contributed by atoms with Crippen LogP contribution in [0.3, 0.4) is 0 Å². The zero-order chi connectivity index (χ0) is 13.8. The van der Waals surface area contributed by atoms with Crippen LogP contribution < -0.4 is 11.1 Å². The lowest BCUT2D eigenvalue weighted by Gasteiger charge is -2.23. The van der Waals surface area contributed by atoms with Gasteiger partial charge >= 0.3 is 0 Å². The van der Waals surface area contributed by atoms with Crippen molar-refractivity contribution in [2.75, 3.05) is 39.9 Å². The Morgan fingerprint density at radius 2 is 2.00 bits per heavy atom. The number of hydrogen-bond donors (Lipinski definition) is 2. The van der Waals surface area contributed by atoms with E-state index in [9.17, 15) is 4.79 Å². The second-order valence-electron chi connectivity index (χ2n) is 4.49. The number of nitrogens with two attached hydrogens (primary N) is 1. The molecular formula is C13H29N3O2. The predicted octanol–water partition coefficient (Wildman–Crippen LogP) is 0.588. The first-order valence-corrected chi connectivity index (χ1v) is 6.88. The Bertz CT molecular complexity index is 200. The fourth-order valence-corrected chi connectivity index (χ4v) is 1.77. The van der Waals surface area contributed by atoms with Gasteiger partial charge in [-0.1, -0.05) is 13.8 Å². The maximum atomic E-state index is 11.9. The number of carbonyl (C=O) groups is 1. The number of methoxy groups -OCH3 is 1. The molecule has 0 aliphatic carbocycles. The van der Waals surface area contributed by atoms with Gasteiger partial charge in [-0.3, -0.25) is 9.69 Å². The lowest BCUT2D eigenvalue weighted by Crippen LogP contribution is -2.43. The third kappa shape index (κ3) is 8.44. The minimum atomic E-state index is 0.0943. The van der Waals surface area contributed by atoms with Crippen LogP contribution in [0.5, 0.6) is 0 Å². The van der Waals surface area contributed by atoms with Crippen molar-refractivity contribution in [3.05, 3.63) is 0 Å². The van der Waals surface area contributed by atoms with E-state index in [1.807, 2.05) is 0 Å². The van der Waals surface area contributed by atoms with E-state index in [0.717, 1.165) is 32.4 Å². The summed E-state index contributed by atoms with van der Waals surface area (Å²) in [6, 6.07) is 0.288. The van der Waals surface area contributed by atoms with E-state index >= 15 is 0 Å². The van der Waals surface area contributed by atoms with Gasteiger partial charge in [0.1, 0.15) is 0 Å². The molecule has 3 N–H and O–H groups in total. The van der Waals surface area contributed by atoms with Crippen molar-refractivity contribution >= 4 is 5.91 Å². The SMILES string of the molecule is CCC(CC)NC(=O)CN(CCCN)CCOC. The van der Waals surface area contributed by atoms with E-state index in [0.29, 0.717) is 19.7 Å². The monoisotopic (exact) mass is 259 g/mol. The van der Waals surface area contributed by atoms with Gasteiger partial charge in [-0.05, 0) is 32.4 Å². The van der Waals surface area contributed by atoms with Crippen LogP contribution in [0, 0.1) is 0 Å². The summed E-state index contributed by atoms with van der Waals surface area (Å²) in [6.45, 7) is 7.51. The van der Waals surface area contributed by atoms with Gasteiger partial charge in [-0.15, -0.1) is 0 Å². The first-order chi connectivity index (χ1) is 8.67. The van der Waals surface area contributed by atoms with E-state index in [1.54, 1.807) is 7.11 Å². The molecule has 0 saturated heterocycles. The molecule has 0 saturated carbocycles. The molecular weight excluding hydrogens is 230 g/mol. The van der Waals surface area contributed by atoms with Crippen LogP contribution in [-0.4, -0.2) is 56.7 Å². The summed E-state index contributed by atoms with van der Waals surface area (Å²) < 4.78 is 5.05. The highest BCUT2D eigenvalue weighted by Gasteiger charge is 2.12. The highest BCUT2D eigenvalue weighted by atomic mass is 16.5. The first-order valence-electron chi connectivity index (χ1n) is 6.88. The topological polar surface area (TPSA) is 67.6 Å². The van der Waals surface area contributed by atoms with Crippen molar-refractivity contribution in [3.63, 3.8) is 0 Å². The van der Waals surface area contributed by atoms with Gasteiger partial charge in [-0.2, -0.15) is 0 Å². The molecule has 0 fully saturated rings.